The van der Waals surface area contributed by atoms with Gasteiger partial charge >= 0.3 is 6.03 Å². The lowest BCUT2D eigenvalue weighted by molar-refractivity contribution is 0.248. The van der Waals surface area contributed by atoms with Crippen molar-refractivity contribution in [1.29, 1.82) is 0 Å². The largest absolute Gasteiger partial charge is 0.369 e. The van der Waals surface area contributed by atoms with E-state index < -0.39 is 0 Å². The second-order valence-electron chi connectivity index (χ2n) is 7.09. The molecule has 2 aromatic carbocycles. The highest BCUT2D eigenvalue weighted by atomic mass is 16.2. The third kappa shape index (κ3) is 4.35. The molecule has 0 unspecified atom stereocenters. The van der Waals surface area contributed by atoms with E-state index in [0.29, 0.717) is 6.54 Å². The molecule has 2 fully saturated rings. The number of anilines is 2. The SMILES string of the molecule is O=C(NCc1ccccc1)Nc1ccc(N2CCN(C3CC3)CC2)cc1. The van der Waals surface area contributed by atoms with Gasteiger partial charge in [0.2, 0.25) is 0 Å². The van der Waals surface area contributed by atoms with E-state index >= 15 is 0 Å². The van der Waals surface area contributed by atoms with E-state index in [1.54, 1.807) is 0 Å². The summed E-state index contributed by atoms with van der Waals surface area (Å²) in [6.45, 7) is 5.01. The summed E-state index contributed by atoms with van der Waals surface area (Å²) in [7, 11) is 0. The van der Waals surface area contributed by atoms with Crippen molar-refractivity contribution in [1.82, 2.24) is 10.2 Å². The van der Waals surface area contributed by atoms with Crippen LogP contribution in [-0.2, 0) is 6.54 Å². The topological polar surface area (TPSA) is 47.6 Å². The quantitative estimate of drug-likeness (QED) is 0.870. The van der Waals surface area contributed by atoms with Crippen molar-refractivity contribution in [2.24, 2.45) is 0 Å². The summed E-state index contributed by atoms with van der Waals surface area (Å²) >= 11 is 0. The van der Waals surface area contributed by atoms with E-state index in [2.05, 4.69) is 32.6 Å². The third-order valence-corrected chi connectivity index (χ3v) is 5.16. The molecule has 136 valence electrons. The van der Waals surface area contributed by atoms with Gasteiger partial charge in [0.1, 0.15) is 0 Å². The summed E-state index contributed by atoms with van der Waals surface area (Å²) in [5, 5.41) is 5.78. The number of rotatable bonds is 5. The number of carbonyl (C=O) groups excluding carboxylic acids is 1. The van der Waals surface area contributed by atoms with Gasteiger partial charge in [0.25, 0.3) is 0 Å². The molecule has 1 aliphatic carbocycles. The van der Waals surface area contributed by atoms with Crippen molar-refractivity contribution in [3.8, 4) is 0 Å². The Balaban J connectivity index is 1.25. The first-order chi connectivity index (χ1) is 12.8. The first-order valence-corrected chi connectivity index (χ1v) is 9.46. The molecule has 2 amide bonds. The van der Waals surface area contributed by atoms with Gasteiger partial charge < -0.3 is 15.5 Å². The van der Waals surface area contributed by atoms with Gasteiger partial charge in [-0.1, -0.05) is 30.3 Å². The van der Waals surface area contributed by atoms with E-state index in [4.69, 9.17) is 0 Å². The van der Waals surface area contributed by atoms with Crippen LogP contribution in [0.1, 0.15) is 18.4 Å². The summed E-state index contributed by atoms with van der Waals surface area (Å²) < 4.78 is 0. The number of hydrogen-bond donors (Lipinski definition) is 2. The molecule has 0 aromatic heterocycles. The molecule has 1 saturated heterocycles. The minimum Gasteiger partial charge on any atom is -0.369 e. The summed E-state index contributed by atoms with van der Waals surface area (Å²) in [6, 6.07) is 18.7. The van der Waals surface area contributed by atoms with Crippen LogP contribution in [0.25, 0.3) is 0 Å². The second-order valence-corrected chi connectivity index (χ2v) is 7.09. The number of amides is 2. The van der Waals surface area contributed by atoms with Crippen LogP contribution in [0.15, 0.2) is 54.6 Å². The monoisotopic (exact) mass is 350 g/mol. The average Bonchev–Trinajstić information content (AvgIpc) is 3.53. The third-order valence-electron chi connectivity index (χ3n) is 5.16. The molecule has 2 aliphatic rings. The highest BCUT2D eigenvalue weighted by Gasteiger charge is 2.31. The molecule has 0 radical (unpaired) electrons. The second kappa shape index (κ2) is 7.79. The Morgan fingerprint density at radius 3 is 2.27 bits per heavy atom. The molecule has 26 heavy (non-hydrogen) atoms. The van der Waals surface area contributed by atoms with E-state index in [1.165, 1.54) is 18.5 Å². The first-order valence-electron chi connectivity index (χ1n) is 9.46. The lowest BCUT2D eigenvalue weighted by Crippen LogP contribution is -2.47. The van der Waals surface area contributed by atoms with Gasteiger partial charge in [0.05, 0.1) is 0 Å². The maximum atomic E-state index is 12.0. The van der Waals surface area contributed by atoms with Crippen LogP contribution >= 0.6 is 0 Å². The molecule has 1 aliphatic heterocycles. The van der Waals surface area contributed by atoms with Crippen molar-refractivity contribution in [3.05, 3.63) is 60.2 Å². The zero-order valence-electron chi connectivity index (χ0n) is 15.0. The highest BCUT2D eigenvalue weighted by Crippen LogP contribution is 2.28. The number of nitrogens with one attached hydrogen (secondary N) is 2. The Bertz CT molecular complexity index is 719. The first kappa shape index (κ1) is 16.9. The maximum absolute atomic E-state index is 12.0. The van der Waals surface area contributed by atoms with Crippen LogP contribution < -0.4 is 15.5 Å². The van der Waals surface area contributed by atoms with Crippen molar-refractivity contribution in [3.63, 3.8) is 0 Å². The predicted molar refractivity (Wildman–Crippen MR) is 106 cm³/mol. The molecule has 5 nitrogen and oxygen atoms in total. The van der Waals surface area contributed by atoms with Crippen molar-refractivity contribution in [2.45, 2.75) is 25.4 Å². The average molecular weight is 350 g/mol. The van der Waals surface area contributed by atoms with E-state index in [-0.39, 0.29) is 6.03 Å². The molecule has 1 heterocycles. The lowest BCUT2D eigenvalue weighted by Gasteiger charge is -2.36. The zero-order chi connectivity index (χ0) is 17.8. The van der Waals surface area contributed by atoms with Gasteiger partial charge in [-0.2, -0.15) is 0 Å². The van der Waals surface area contributed by atoms with Gasteiger partial charge in [-0.3, -0.25) is 4.90 Å². The van der Waals surface area contributed by atoms with E-state index in [9.17, 15) is 4.79 Å². The van der Waals surface area contributed by atoms with Crippen molar-refractivity contribution >= 4 is 17.4 Å². The Hall–Kier alpha value is -2.53. The van der Waals surface area contributed by atoms with Gasteiger partial charge in [0, 0.05) is 50.1 Å². The number of hydrogen-bond acceptors (Lipinski definition) is 3. The minimum atomic E-state index is -0.181. The molecule has 4 rings (SSSR count). The van der Waals surface area contributed by atoms with Crippen molar-refractivity contribution in [2.75, 3.05) is 36.4 Å². The summed E-state index contributed by atoms with van der Waals surface area (Å²) in [5.74, 6) is 0. The molecular weight excluding hydrogens is 324 g/mol. The normalized spacial score (nSPS) is 17.8. The van der Waals surface area contributed by atoms with Crippen LogP contribution in [0.3, 0.4) is 0 Å². The summed E-state index contributed by atoms with van der Waals surface area (Å²) in [6.07, 6.45) is 2.76. The highest BCUT2D eigenvalue weighted by molar-refractivity contribution is 5.89. The lowest BCUT2D eigenvalue weighted by atomic mass is 10.2. The maximum Gasteiger partial charge on any atom is 0.319 e. The molecular formula is C21H26N4O. The molecule has 2 aromatic rings. The van der Waals surface area contributed by atoms with E-state index in [1.807, 2.05) is 42.5 Å². The van der Waals surface area contributed by atoms with Crippen LogP contribution in [0.5, 0.6) is 0 Å². The van der Waals surface area contributed by atoms with E-state index in [0.717, 1.165) is 43.5 Å². The summed E-state index contributed by atoms with van der Waals surface area (Å²) in [4.78, 5) is 17.1. The number of nitrogens with zero attached hydrogens (tertiary/aromatic N) is 2. The molecule has 2 N–H and O–H groups in total. The standard InChI is InChI=1S/C21H26N4O/c26-21(22-16-17-4-2-1-3-5-17)23-18-6-8-19(9-7-18)24-12-14-25(15-13-24)20-10-11-20/h1-9,20H,10-16H2,(H2,22,23,26). The van der Waals surface area contributed by atoms with Gasteiger partial charge in [-0.05, 0) is 42.7 Å². The predicted octanol–water partition coefficient (Wildman–Crippen LogP) is 3.29. The zero-order valence-corrected chi connectivity index (χ0v) is 15.0. The molecule has 5 heteroatoms. The minimum absolute atomic E-state index is 0.181. The van der Waals surface area contributed by atoms with Crippen molar-refractivity contribution < 1.29 is 4.79 Å². The number of piperazine rings is 1. The Kier molecular flexibility index (Phi) is 5.07. The van der Waals surface area contributed by atoms with Gasteiger partial charge in [-0.15, -0.1) is 0 Å². The number of urea groups is 1. The Labute approximate surface area is 155 Å². The van der Waals surface area contributed by atoms with Crippen LogP contribution in [0, 0.1) is 0 Å². The Morgan fingerprint density at radius 2 is 1.62 bits per heavy atom. The number of benzene rings is 2. The van der Waals surface area contributed by atoms with Gasteiger partial charge in [0.15, 0.2) is 0 Å². The molecule has 0 atom stereocenters. The number of carbonyl (C=O) groups is 1. The molecule has 0 spiro atoms. The van der Waals surface area contributed by atoms with Crippen LogP contribution in [-0.4, -0.2) is 43.2 Å². The molecule has 0 bridgehead atoms. The smallest absolute Gasteiger partial charge is 0.319 e. The van der Waals surface area contributed by atoms with Crippen LogP contribution in [0.4, 0.5) is 16.2 Å². The Morgan fingerprint density at radius 1 is 0.923 bits per heavy atom. The van der Waals surface area contributed by atoms with Crippen LogP contribution in [0.2, 0.25) is 0 Å². The molecule has 1 saturated carbocycles. The summed E-state index contributed by atoms with van der Waals surface area (Å²) in [5.41, 5.74) is 3.13. The van der Waals surface area contributed by atoms with Gasteiger partial charge in [-0.25, -0.2) is 4.79 Å². The fraction of sp³-hybridized carbons (Fsp3) is 0.381. The fourth-order valence-corrected chi connectivity index (χ4v) is 3.49. The fourth-order valence-electron chi connectivity index (χ4n) is 3.49.